The summed E-state index contributed by atoms with van der Waals surface area (Å²) in [6.45, 7) is 4.84. The van der Waals surface area contributed by atoms with E-state index in [4.69, 9.17) is 4.74 Å². The molecule has 0 bridgehead atoms. The Labute approximate surface area is 125 Å². The quantitative estimate of drug-likeness (QED) is 0.764. The van der Waals surface area contributed by atoms with Crippen LogP contribution in [-0.2, 0) is 9.53 Å². The summed E-state index contributed by atoms with van der Waals surface area (Å²) in [7, 11) is 0. The third kappa shape index (κ3) is 3.67. The minimum Gasteiger partial charge on any atom is -0.480 e. The lowest BCUT2D eigenvalue weighted by Crippen LogP contribution is -2.61. The van der Waals surface area contributed by atoms with Crippen molar-refractivity contribution in [1.82, 2.24) is 10.2 Å². The molecule has 0 spiro atoms. The first-order chi connectivity index (χ1) is 9.94. The number of ether oxygens (including phenoxy) is 1. The van der Waals surface area contributed by atoms with Crippen molar-refractivity contribution in [3.63, 3.8) is 0 Å². The van der Waals surface area contributed by atoms with Gasteiger partial charge in [0, 0.05) is 6.54 Å². The number of carboxylic acid groups (broad SMARTS) is 1. The molecule has 2 atom stereocenters. The summed E-state index contributed by atoms with van der Waals surface area (Å²) in [5, 5.41) is 12.4. The topological polar surface area (TPSA) is 78.9 Å². The number of carbonyl (C=O) groups is 2. The summed E-state index contributed by atoms with van der Waals surface area (Å²) in [4.78, 5) is 26.0. The zero-order chi connectivity index (χ0) is 15.5. The van der Waals surface area contributed by atoms with Crippen LogP contribution in [-0.4, -0.2) is 52.8 Å². The highest BCUT2D eigenvalue weighted by atomic mass is 16.5. The Bertz CT molecular complexity index is 391. The monoisotopic (exact) mass is 298 g/mol. The average Bonchev–Trinajstić information content (AvgIpc) is 2.68. The normalized spacial score (nSPS) is 29.5. The predicted molar refractivity (Wildman–Crippen MR) is 78.2 cm³/mol. The number of hydrogen-bond acceptors (Lipinski definition) is 3. The molecule has 0 radical (unpaired) electrons. The van der Waals surface area contributed by atoms with Crippen LogP contribution >= 0.6 is 0 Å². The van der Waals surface area contributed by atoms with Crippen molar-refractivity contribution in [2.24, 2.45) is 0 Å². The highest BCUT2D eigenvalue weighted by molar-refractivity contribution is 5.86. The molecule has 1 saturated heterocycles. The Morgan fingerprint density at radius 2 is 1.81 bits per heavy atom. The highest BCUT2D eigenvalue weighted by Gasteiger charge is 2.42. The first kappa shape index (κ1) is 16.1. The smallest absolute Gasteiger partial charge is 0.329 e. The molecule has 1 saturated carbocycles. The average molecular weight is 298 g/mol. The van der Waals surface area contributed by atoms with Crippen LogP contribution in [0.2, 0.25) is 0 Å². The second-order valence-electron chi connectivity index (χ2n) is 6.38. The van der Waals surface area contributed by atoms with Gasteiger partial charge in [0.05, 0.1) is 18.8 Å². The molecule has 0 aromatic rings. The van der Waals surface area contributed by atoms with Crippen LogP contribution in [0.15, 0.2) is 0 Å². The second kappa shape index (κ2) is 6.64. The van der Waals surface area contributed by atoms with E-state index < -0.39 is 11.5 Å². The van der Waals surface area contributed by atoms with Gasteiger partial charge in [-0.05, 0) is 26.7 Å². The van der Waals surface area contributed by atoms with Gasteiger partial charge in [0.25, 0.3) is 0 Å². The van der Waals surface area contributed by atoms with Gasteiger partial charge in [-0.2, -0.15) is 0 Å². The number of nitrogens with zero attached hydrogens (tertiary/aromatic N) is 1. The first-order valence-electron chi connectivity index (χ1n) is 7.88. The molecule has 120 valence electrons. The molecule has 1 aliphatic heterocycles. The number of carboxylic acids is 1. The van der Waals surface area contributed by atoms with Crippen molar-refractivity contribution in [3.8, 4) is 0 Å². The van der Waals surface area contributed by atoms with Crippen LogP contribution in [0, 0.1) is 0 Å². The van der Waals surface area contributed by atoms with Gasteiger partial charge in [-0.15, -0.1) is 0 Å². The van der Waals surface area contributed by atoms with Crippen LogP contribution in [0.4, 0.5) is 4.79 Å². The van der Waals surface area contributed by atoms with Crippen LogP contribution in [0.25, 0.3) is 0 Å². The van der Waals surface area contributed by atoms with E-state index in [2.05, 4.69) is 5.32 Å². The van der Waals surface area contributed by atoms with Crippen molar-refractivity contribution in [3.05, 3.63) is 0 Å². The molecular formula is C15H26N2O4. The molecule has 1 heterocycles. The summed E-state index contributed by atoms with van der Waals surface area (Å²) in [6, 6.07) is -0.306. The minimum atomic E-state index is -1.10. The Morgan fingerprint density at radius 3 is 2.38 bits per heavy atom. The summed E-state index contributed by atoms with van der Waals surface area (Å²) in [5.74, 6) is -0.910. The van der Waals surface area contributed by atoms with Crippen LogP contribution in [0.1, 0.15) is 52.4 Å². The van der Waals surface area contributed by atoms with Crippen LogP contribution in [0.5, 0.6) is 0 Å². The third-order valence-corrected chi connectivity index (χ3v) is 4.58. The molecule has 0 aromatic heterocycles. The fourth-order valence-corrected chi connectivity index (χ4v) is 3.19. The number of amides is 2. The number of urea groups is 1. The van der Waals surface area contributed by atoms with E-state index >= 15 is 0 Å². The lowest BCUT2D eigenvalue weighted by atomic mass is 9.90. The number of rotatable bonds is 2. The molecule has 2 aliphatic rings. The maximum Gasteiger partial charge on any atom is 0.329 e. The second-order valence-corrected chi connectivity index (χ2v) is 6.38. The molecule has 2 rings (SSSR count). The van der Waals surface area contributed by atoms with Gasteiger partial charge in [0.15, 0.2) is 0 Å². The summed E-state index contributed by atoms with van der Waals surface area (Å²) < 4.78 is 5.52. The molecule has 21 heavy (non-hydrogen) atoms. The number of nitrogens with one attached hydrogen (secondary N) is 1. The lowest BCUT2D eigenvalue weighted by molar-refractivity contribution is -0.145. The van der Waals surface area contributed by atoms with E-state index in [0.29, 0.717) is 26.0 Å². The molecule has 2 amide bonds. The molecule has 2 unspecified atom stereocenters. The SMILES string of the molecule is CC1CN(C(=O)NC2(C(=O)O)CCCCCC2)C(C)CO1. The van der Waals surface area contributed by atoms with E-state index in [1.54, 1.807) is 4.90 Å². The van der Waals surface area contributed by atoms with Gasteiger partial charge in [0.1, 0.15) is 5.54 Å². The summed E-state index contributed by atoms with van der Waals surface area (Å²) >= 11 is 0. The maximum absolute atomic E-state index is 12.5. The molecular weight excluding hydrogens is 272 g/mol. The predicted octanol–water partition coefficient (Wildman–Crippen LogP) is 1.98. The number of hydrogen-bond donors (Lipinski definition) is 2. The van der Waals surface area contributed by atoms with Crippen LogP contribution < -0.4 is 5.32 Å². The van der Waals surface area contributed by atoms with Gasteiger partial charge >= 0.3 is 12.0 Å². The van der Waals surface area contributed by atoms with Crippen molar-refractivity contribution in [2.75, 3.05) is 13.2 Å². The fourth-order valence-electron chi connectivity index (χ4n) is 3.19. The van der Waals surface area contributed by atoms with Gasteiger partial charge in [-0.3, -0.25) is 0 Å². The number of carbonyl (C=O) groups excluding carboxylic acids is 1. The number of aliphatic carboxylic acids is 1. The maximum atomic E-state index is 12.5. The van der Waals surface area contributed by atoms with E-state index in [0.717, 1.165) is 25.7 Å². The van der Waals surface area contributed by atoms with Crippen molar-refractivity contribution in [1.29, 1.82) is 0 Å². The van der Waals surface area contributed by atoms with Crippen LogP contribution in [0.3, 0.4) is 0 Å². The van der Waals surface area contributed by atoms with Gasteiger partial charge in [-0.1, -0.05) is 25.7 Å². The largest absolute Gasteiger partial charge is 0.480 e. The number of morpholine rings is 1. The third-order valence-electron chi connectivity index (χ3n) is 4.58. The zero-order valence-electron chi connectivity index (χ0n) is 12.9. The summed E-state index contributed by atoms with van der Waals surface area (Å²) in [6.07, 6.45) is 4.79. The van der Waals surface area contributed by atoms with E-state index in [9.17, 15) is 14.7 Å². The van der Waals surface area contributed by atoms with Gasteiger partial charge in [-0.25, -0.2) is 9.59 Å². The summed E-state index contributed by atoms with van der Waals surface area (Å²) in [5.41, 5.74) is -1.10. The molecule has 6 nitrogen and oxygen atoms in total. The van der Waals surface area contributed by atoms with Crippen molar-refractivity contribution in [2.45, 2.75) is 70.1 Å². The molecule has 0 aromatic carbocycles. The molecule has 1 aliphatic carbocycles. The van der Waals surface area contributed by atoms with E-state index in [1.807, 2.05) is 13.8 Å². The Morgan fingerprint density at radius 1 is 1.19 bits per heavy atom. The molecule has 2 fully saturated rings. The van der Waals surface area contributed by atoms with Gasteiger partial charge in [0.2, 0.25) is 0 Å². The van der Waals surface area contributed by atoms with E-state index in [1.165, 1.54) is 0 Å². The first-order valence-corrected chi connectivity index (χ1v) is 7.88. The fraction of sp³-hybridized carbons (Fsp3) is 0.867. The Balaban J connectivity index is 2.08. The van der Waals surface area contributed by atoms with E-state index in [-0.39, 0.29) is 18.2 Å². The van der Waals surface area contributed by atoms with Crippen molar-refractivity contribution >= 4 is 12.0 Å². The standard InChI is InChI=1S/C15H26N2O4/c1-11-10-21-12(2)9-17(11)14(20)16-15(13(18)19)7-5-3-4-6-8-15/h11-12H,3-10H2,1-2H3,(H,16,20)(H,18,19). The lowest BCUT2D eigenvalue weighted by Gasteiger charge is -2.39. The zero-order valence-corrected chi connectivity index (χ0v) is 12.9. The highest BCUT2D eigenvalue weighted by Crippen LogP contribution is 2.28. The van der Waals surface area contributed by atoms with Gasteiger partial charge < -0.3 is 20.1 Å². The Hall–Kier alpha value is -1.30. The molecule has 6 heteroatoms. The van der Waals surface area contributed by atoms with Crippen molar-refractivity contribution < 1.29 is 19.4 Å². The minimum absolute atomic E-state index is 0.0122. The Kier molecular flexibility index (Phi) is 5.08. The molecule has 2 N–H and O–H groups in total.